The first-order chi connectivity index (χ1) is 8.66. The molecule has 4 heteroatoms. The van der Waals surface area contributed by atoms with E-state index in [9.17, 15) is 4.79 Å². The largest absolute Gasteiger partial charge is 0.486 e. The van der Waals surface area contributed by atoms with Gasteiger partial charge in [0.15, 0.2) is 11.4 Å². The number of carbonyl (C=O) groups is 1. The van der Waals surface area contributed by atoms with Gasteiger partial charge in [0.1, 0.15) is 6.61 Å². The molecule has 2 rings (SSSR count). The number of hydrogen-bond donors (Lipinski definition) is 1. The van der Waals surface area contributed by atoms with E-state index < -0.39 is 5.97 Å². The van der Waals surface area contributed by atoms with Crippen LogP contribution in [-0.2, 0) is 6.61 Å². The van der Waals surface area contributed by atoms with Crippen molar-refractivity contribution in [3.8, 4) is 5.75 Å². The second kappa shape index (κ2) is 5.31. The number of pyridine rings is 1. The van der Waals surface area contributed by atoms with Crippen LogP contribution in [0.3, 0.4) is 0 Å². The van der Waals surface area contributed by atoms with Gasteiger partial charge in [0.2, 0.25) is 0 Å². The fourth-order valence-corrected chi connectivity index (χ4v) is 1.55. The number of carboxylic acids is 1. The number of aromatic carboxylic acids is 1. The average Bonchev–Trinajstić information content (AvgIpc) is 2.38. The normalized spacial score (nSPS) is 10.1. The molecule has 0 saturated carbocycles. The number of hydrogen-bond acceptors (Lipinski definition) is 3. The first-order valence-corrected chi connectivity index (χ1v) is 5.54. The first kappa shape index (κ1) is 12.1. The molecular formula is C14H13NO3. The van der Waals surface area contributed by atoms with Crippen molar-refractivity contribution in [1.29, 1.82) is 0 Å². The van der Waals surface area contributed by atoms with Crippen molar-refractivity contribution in [3.05, 3.63) is 59.4 Å². The molecule has 18 heavy (non-hydrogen) atoms. The Morgan fingerprint density at radius 1 is 1.22 bits per heavy atom. The van der Waals surface area contributed by atoms with Crippen molar-refractivity contribution in [1.82, 2.24) is 4.98 Å². The Morgan fingerprint density at radius 3 is 2.61 bits per heavy atom. The third-order valence-corrected chi connectivity index (χ3v) is 2.44. The predicted molar refractivity (Wildman–Crippen MR) is 66.7 cm³/mol. The highest BCUT2D eigenvalue weighted by atomic mass is 16.5. The maximum atomic E-state index is 11.0. The smallest absolute Gasteiger partial charge is 0.358 e. The Labute approximate surface area is 105 Å². The third-order valence-electron chi connectivity index (χ3n) is 2.44. The highest BCUT2D eigenvalue weighted by molar-refractivity contribution is 5.88. The Balaban J connectivity index is 2.17. The van der Waals surface area contributed by atoms with Crippen LogP contribution in [0.4, 0.5) is 0 Å². The molecule has 0 amide bonds. The van der Waals surface area contributed by atoms with Crippen molar-refractivity contribution < 1.29 is 14.6 Å². The van der Waals surface area contributed by atoms with Crippen LogP contribution in [0.5, 0.6) is 5.75 Å². The van der Waals surface area contributed by atoms with Crippen molar-refractivity contribution in [2.24, 2.45) is 0 Å². The molecule has 0 aliphatic carbocycles. The van der Waals surface area contributed by atoms with Crippen molar-refractivity contribution in [2.75, 3.05) is 0 Å². The van der Waals surface area contributed by atoms with Gasteiger partial charge in [0.25, 0.3) is 0 Å². The fourth-order valence-electron chi connectivity index (χ4n) is 1.55. The van der Waals surface area contributed by atoms with Crippen LogP contribution >= 0.6 is 0 Å². The summed E-state index contributed by atoms with van der Waals surface area (Å²) in [4.78, 5) is 15.0. The average molecular weight is 243 g/mol. The van der Waals surface area contributed by atoms with Gasteiger partial charge in [0, 0.05) is 5.69 Å². The molecule has 0 aliphatic heterocycles. The Bertz CT molecular complexity index is 552. The zero-order chi connectivity index (χ0) is 13.0. The fraction of sp³-hybridized carbons (Fsp3) is 0.143. The van der Waals surface area contributed by atoms with E-state index >= 15 is 0 Å². The Kier molecular flexibility index (Phi) is 3.57. The number of rotatable bonds is 4. The molecule has 0 bridgehead atoms. The first-order valence-electron chi connectivity index (χ1n) is 5.54. The predicted octanol–water partition coefficient (Wildman–Crippen LogP) is 2.67. The minimum absolute atomic E-state index is 0.0501. The molecule has 0 aliphatic rings. The molecule has 1 aromatic carbocycles. The summed E-state index contributed by atoms with van der Waals surface area (Å²) in [7, 11) is 0. The van der Waals surface area contributed by atoms with Crippen LogP contribution in [-0.4, -0.2) is 16.1 Å². The topological polar surface area (TPSA) is 59.4 Å². The summed E-state index contributed by atoms with van der Waals surface area (Å²) in [5.41, 5.74) is 1.58. The summed E-state index contributed by atoms with van der Waals surface area (Å²) < 4.78 is 5.50. The lowest BCUT2D eigenvalue weighted by Gasteiger charge is -2.09. The lowest BCUT2D eigenvalue weighted by atomic mass is 10.2. The van der Waals surface area contributed by atoms with E-state index in [1.807, 2.05) is 30.3 Å². The summed E-state index contributed by atoms with van der Waals surface area (Å²) in [6, 6.07) is 12.9. The molecule has 4 nitrogen and oxygen atoms in total. The van der Waals surface area contributed by atoms with E-state index in [0.29, 0.717) is 12.3 Å². The van der Waals surface area contributed by atoms with Crippen LogP contribution in [0.25, 0.3) is 0 Å². The van der Waals surface area contributed by atoms with Crippen LogP contribution < -0.4 is 4.74 Å². The van der Waals surface area contributed by atoms with E-state index in [-0.39, 0.29) is 11.4 Å². The van der Waals surface area contributed by atoms with Crippen LogP contribution in [0.2, 0.25) is 0 Å². The van der Waals surface area contributed by atoms with E-state index in [2.05, 4.69) is 4.98 Å². The molecule has 2 aromatic rings. The SMILES string of the molecule is Cc1ccc(OCc2ccccc2)c(C(=O)O)n1. The second-order valence-corrected chi connectivity index (χ2v) is 3.88. The van der Waals surface area contributed by atoms with Crippen LogP contribution in [0, 0.1) is 6.92 Å². The quantitative estimate of drug-likeness (QED) is 0.896. The molecule has 1 heterocycles. The molecule has 0 unspecified atom stereocenters. The van der Waals surface area contributed by atoms with Gasteiger partial charge in [-0.15, -0.1) is 0 Å². The summed E-state index contributed by atoms with van der Waals surface area (Å²) in [6.07, 6.45) is 0. The van der Waals surface area contributed by atoms with Gasteiger partial charge in [-0.3, -0.25) is 0 Å². The lowest BCUT2D eigenvalue weighted by molar-refractivity contribution is 0.0684. The summed E-state index contributed by atoms with van der Waals surface area (Å²) >= 11 is 0. The molecule has 1 N–H and O–H groups in total. The van der Waals surface area contributed by atoms with Gasteiger partial charge in [-0.2, -0.15) is 0 Å². The number of nitrogens with zero attached hydrogens (tertiary/aromatic N) is 1. The number of ether oxygens (including phenoxy) is 1. The van der Waals surface area contributed by atoms with Crippen molar-refractivity contribution in [3.63, 3.8) is 0 Å². The molecule has 0 radical (unpaired) electrons. The summed E-state index contributed by atoms with van der Waals surface area (Å²) in [5.74, 6) is -0.793. The number of aromatic nitrogens is 1. The third kappa shape index (κ3) is 2.85. The minimum Gasteiger partial charge on any atom is -0.486 e. The highest BCUT2D eigenvalue weighted by Gasteiger charge is 2.13. The Morgan fingerprint density at radius 2 is 1.94 bits per heavy atom. The van der Waals surface area contributed by atoms with Gasteiger partial charge in [0.05, 0.1) is 0 Å². The summed E-state index contributed by atoms with van der Waals surface area (Å²) in [6.45, 7) is 2.07. The van der Waals surface area contributed by atoms with Gasteiger partial charge >= 0.3 is 5.97 Å². The molecule has 1 aromatic heterocycles. The van der Waals surface area contributed by atoms with Crippen molar-refractivity contribution in [2.45, 2.75) is 13.5 Å². The molecule has 0 atom stereocenters. The lowest BCUT2D eigenvalue weighted by Crippen LogP contribution is -2.06. The molecule has 0 saturated heterocycles. The maximum absolute atomic E-state index is 11.0. The standard InChI is InChI=1S/C14H13NO3/c1-10-7-8-12(13(15-10)14(16)17)18-9-11-5-3-2-4-6-11/h2-8H,9H2,1H3,(H,16,17). The van der Waals surface area contributed by atoms with Gasteiger partial charge < -0.3 is 9.84 Å². The van der Waals surface area contributed by atoms with Crippen LogP contribution in [0.15, 0.2) is 42.5 Å². The van der Waals surface area contributed by atoms with E-state index in [1.165, 1.54) is 0 Å². The minimum atomic E-state index is -1.08. The van der Waals surface area contributed by atoms with E-state index in [4.69, 9.17) is 9.84 Å². The molecule has 0 spiro atoms. The van der Waals surface area contributed by atoms with Crippen LogP contribution in [0.1, 0.15) is 21.7 Å². The Hall–Kier alpha value is -2.36. The number of carboxylic acid groups (broad SMARTS) is 1. The van der Waals surface area contributed by atoms with Gasteiger partial charge in [-0.05, 0) is 24.6 Å². The molecule has 92 valence electrons. The number of aryl methyl sites for hydroxylation is 1. The van der Waals surface area contributed by atoms with Gasteiger partial charge in [-0.25, -0.2) is 9.78 Å². The maximum Gasteiger partial charge on any atom is 0.358 e. The zero-order valence-corrected chi connectivity index (χ0v) is 9.96. The molecular weight excluding hydrogens is 230 g/mol. The highest BCUT2D eigenvalue weighted by Crippen LogP contribution is 2.18. The summed E-state index contributed by atoms with van der Waals surface area (Å²) in [5, 5.41) is 9.04. The van der Waals surface area contributed by atoms with E-state index in [0.717, 1.165) is 5.56 Å². The van der Waals surface area contributed by atoms with Crippen molar-refractivity contribution >= 4 is 5.97 Å². The number of benzene rings is 1. The van der Waals surface area contributed by atoms with Gasteiger partial charge in [-0.1, -0.05) is 30.3 Å². The molecule has 0 fully saturated rings. The van der Waals surface area contributed by atoms with E-state index in [1.54, 1.807) is 19.1 Å². The zero-order valence-electron chi connectivity index (χ0n) is 9.96. The second-order valence-electron chi connectivity index (χ2n) is 3.88. The monoisotopic (exact) mass is 243 g/mol.